The lowest BCUT2D eigenvalue weighted by molar-refractivity contribution is 0.0638. The molecule has 0 aliphatic carbocycles. The first-order valence-corrected chi connectivity index (χ1v) is 9.43. The van der Waals surface area contributed by atoms with Crippen molar-refractivity contribution in [1.29, 1.82) is 0 Å². The summed E-state index contributed by atoms with van der Waals surface area (Å²) in [6.07, 6.45) is 4.81. The maximum Gasteiger partial charge on any atom is 0.256 e. The minimum absolute atomic E-state index is 0.0574. The zero-order valence-electron chi connectivity index (χ0n) is 14.1. The highest BCUT2D eigenvalue weighted by Crippen LogP contribution is 2.25. The Labute approximate surface area is 155 Å². The molecule has 1 aliphatic rings. The summed E-state index contributed by atoms with van der Waals surface area (Å²) < 4.78 is 1.73. The molecular weight excluding hydrogens is 348 g/mol. The number of aromatic nitrogens is 3. The average Bonchev–Trinajstić information content (AvgIpc) is 3.41. The van der Waals surface area contributed by atoms with Gasteiger partial charge in [0.2, 0.25) is 0 Å². The van der Waals surface area contributed by atoms with Crippen LogP contribution in [0.25, 0.3) is 5.69 Å². The molecule has 0 spiro atoms. The number of amides is 1. The minimum Gasteiger partial charge on any atom is -0.338 e. The monoisotopic (exact) mass is 366 g/mol. The van der Waals surface area contributed by atoms with E-state index in [0.29, 0.717) is 18.7 Å². The number of carbonyl (C=O) groups is 2. The fraction of sp³-hybridized carbons (Fsp3) is 0.263. The molecule has 1 fully saturated rings. The summed E-state index contributed by atoms with van der Waals surface area (Å²) in [4.78, 5) is 28.4. The lowest BCUT2D eigenvalue weighted by Gasteiger charge is -2.32. The Morgan fingerprint density at radius 1 is 1.08 bits per heavy atom. The highest BCUT2D eigenvalue weighted by atomic mass is 32.1. The van der Waals surface area contributed by atoms with E-state index in [1.165, 1.54) is 11.3 Å². The Hall–Kier alpha value is -2.80. The number of likely N-dealkylation sites (tertiary alicyclic amines) is 1. The van der Waals surface area contributed by atoms with Crippen LogP contribution in [0.4, 0.5) is 0 Å². The fourth-order valence-corrected chi connectivity index (χ4v) is 4.11. The van der Waals surface area contributed by atoms with E-state index < -0.39 is 0 Å². The van der Waals surface area contributed by atoms with E-state index in [9.17, 15) is 9.59 Å². The van der Waals surface area contributed by atoms with Gasteiger partial charge in [0, 0.05) is 19.0 Å². The van der Waals surface area contributed by atoms with Gasteiger partial charge in [-0.1, -0.05) is 18.2 Å². The third kappa shape index (κ3) is 3.17. The van der Waals surface area contributed by atoms with Crippen LogP contribution in [0, 0.1) is 5.92 Å². The molecule has 0 bridgehead atoms. The SMILES string of the molecule is O=C(c1cccs1)[C@@H]1CCCN(C(=O)c2ccccc2-n2cnnc2)C1. The summed E-state index contributed by atoms with van der Waals surface area (Å²) in [6.45, 7) is 1.13. The van der Waals surface area contributed by atoms with Crippen LogP contribution >= 0.6 is 11.3 Å². The van der Waals surface area contributed by atoms with Gasteiger partial charge in [0.15, 0.2) is 5.78 Å². The lowest BCUT2D eigenvalue weighted by atomic mass is 9.92. The number of piperidine rings is 1. The number of nitrogens with zero attached hydrogens (tertiary/aromatic N) is 4. The number of benzene rings is 1. The van der Waals surface area contributed by atoms with Crippen molar-refractivity contribution in [1.82, 2.24) is 19.7 Å². The molecule has 3 heterocycles. The molecule has 2 aromatic heterocycles. The largest absolute Gasteiger partial charge is 0.338 e. The van der Waals surface area contributed by atoms with E-state index in [-0.39, 0.29) is 17.6 Å². The molecule has 1 amide bonds. The maximum atomic E-state index is 13.1. The molecule has 7 heteroatoms. The van der Waals surface area contributed by atoms with Crippen LogP contribution in [-0.2, 0) is 0 Å². The maximum absolute atomic E-state index is 13.1. The molecule has 26 heavy (non-hydrogen) atoms. The fourth-order valence-electron chi connectivity index (χ4n) is 3.37. The van der Waals surface area contributed by atoms with Gasteiger partial charge >= 0.3 is 0 Å². The second-order valence-corrected chi connectivity index (χ2v) is 7.27. The molecule has 132 valence electrons. The normalized spacial score (nSPS) is 17.2. The predicted octanol–water partition coefficient (Wildman–Crippen LogP) is 3.06. The van der Waals surface area contributed by atoms with Gasteiger partial charge in [-0.05, 0) is 36.4 Å². The van der Waals surface area contributed by atoms with Gasteiger partial charge in [-0.25, -0.2) is 0 Å². The van der Waals surface area contributed by atoms with Crippen molar-refractivity contribution in [2.24, 2.45) is 5.92 Å². The van der Waals surface area contributed by atoms with Crippen molar-refractivity contribution >= 4 is 23.0 Å². The Balaban J connectivity index is 1.56. The first kappa shape index (κ1) is 16.7. The first-order valence-electron chi connectivity index (χ1n) is 8.55. The molecule has 0 saturated carbocycles. The second-order valence-electron chi connectivity index (χ2n) is 6.32. The zero-order chi connectivity index (χ0) is 17.9. The molecular formula is C19H18N4O2S. The van der Waals surface area contributed by atoms with Crippen LogP contribution in [-0.4, -0.2) is 44.4 Å². The predicted molar refractivity (Wildman–Crippen MR) is 98.6 cm³/mol. The van der Waals surface area contributed by atoms with E-state index in [1.54, 1.807) is 22.1 Å². The molecule has 0 unspecified atom stereocenters. The van der Waals surface area contributed by atoms with Crippen molar-refractivity contribution in [2.75, 3.05) is 13.1 Å². The number of Topliss-reactive ketones (excluding diaryl/α,β-unsaturated/α-hetero) is 1. The lowest BCUT2D eigenvalue weighted by Crippen LogP contribution is -2.42. The standard InChI is InChI=1S/C19H18N4O2S/c24-18(17-8-4-10-26-17)14-5-3-9-22(11-14)19(25)15-6-1-2-7-16(15)23-12-20-21-13-23/h1-2,4,6-8,10,12-14H,3,5,9,11H2/t14-/m1/s1. The minimum atomic E-state index is -0.131. The topological polar surface area (TPSA) is 68.1 Å². The molecule has 1 atom stereocenters. The molecule has 3 aromatic rings. The van der Waals surface area contributed by atoms with E-state index in [4.69, 9.17) is 0 Å². The van der Waals surface area contributed by atoms with Gasteiger partial charge in [-0.15, -0.1) is 21.5 Å². The Morgan fingerprint density at radius 2 is 1.88 bits per heavy atom. The number of thiophene rings is 1. The van der Waals surface area contributed by atoms with E-state index in [1.807, 2.05) is 41.8 Å². The van der Waals surface area contributed by atoms with Crippen molar-refractivity contribution < 1.29 is 9.59 Å². The van der Waals surface area contributed by atoms with E-state index in [0.717, 1.165) is 23.4 Å². The smallest absolute Gasteiger partial charge is 0.256 e. The van der Waals surface area contributed by atoms with Gasteiger partial charge in [0.1, 0.15) is 12.7 Å². The molecule has 0 radical (unpaired) electrons. The molecule has 6 nitrogen and oxygen atoms in total. The molecule has 0 N–H and O–H groups in total. The van der Waals surface area contributed by atoms with Crippen LogP contribution in [0.2, 0.25) is 0 Å². The second kappa shape index (κ2) is 7.21. The van der Waals surface area contributed by atoms with Gasteiger partial charge in [-0.3, -0.25) is 14.2 Å². The Bertz CT molecular complexity index is 906. The summed E-state index contributed by atoms with van der Waals surface area (Å²) in [7, 11) is 0. The summed E-state index contributed by atoms with van der Waals surface area (Å²) in [5, 5.41) is 9.55. The number of para-hydroxylation sites is 1. The number of hydrogen-bond acceptors (Lipinski definition) is 5. The van der Waals surface area contributed by atoms with Crippen LogP contribution in [0.15, 0.2) is 54.4 Å². The van der Waals surface area contributed by atoms with E-state index >= 15 is 0 Å². The molecule has 1 saturated heterocycles. The Morgan fingerprint density at radius 3 is 2.65 bits per heavy atom. The van der Waals surface area contributed by atoms with Gasteiger partial charge < -0.3 is 4.90 Å². The average molecular weight is 366 g/mol. The third-order valence-corrected chi connectivity index (χ3v) is 5.56. The van der Waals surface area contributed by atoms with Crippen molar-refractivity contribution in [3.05, 3.63) is 64.9 Å². The summed E-state index contributed by atoms with van der Waals surface area (Å²) in [5.41, 5.74) is 1.34. The van der Waals surface area contributed by atoms with Crippen molar-refractivity contribution in [2.45, 2.75) is 12.8 Å². The van der Waals surface area contributed by atoms with Gasteiger partial charge in [0.25, 0.3) is 5.91 Å². The van der Waals surface area contributed by atoms with Crippen LogP contribution < -0.4 is 0 Å². The number of carbonyl (C=O) groups excluding carboxylic acids is 2. The molecule has 1 aromatic carbocycles. The van der Waals surface area contributed by atoms with Gasteiger partial charge in [-0.2, -0.15) is 0 Å². The highest BCUT2D eigenvalue weighted by molar-refractivity contribution is 7.12. The van der Waals surface area contributed by atoms with Crippen molar-refractivity contribution in [3.63, 3.8) is 0 Å². The Kier molecular flexibility index (Phi) is 4.62. The quantitative estimate of drug-likeness (QED) is 0.666. The van der Waals surface area contributed by atoms with Crippen molar-refractivity contribution in [3.8, 4) is 5.69 Å². The van der Waals surface area contributed by atoms with Crippen LogP contribution in [0.1, 0.15) is 32.9 Å². The summed E-state index contributed by atoms with van der Waals surface area (Å²) >= 11 is 1.46. The highest BCUT2D eigenvalue weighted by Gasteiger charge is 2.30. The third-order valence-electron chi connectivity index (χ3n) is 4.67. The van der Waals surface area contributed by atoms with Crippen LogP contribution in [0.5, 0.6) is 0 Å². The van der Waals surface area contributed by atoms with Gasteiger partial charge in [0.05, 0.1) is 16.1 Å². The summed E-state index contributed by atoms with van der Waals surface area (Å²) in [6, 6.07) is 11.1. The number of rotatable bonds is 4. The summed E-state index contributed by atoms with van der Waals surface area (Å²) in [5.74, 6) is -0.0454. The number of ketones is 1. The number of hydrogen-bond donors (Lipinski definition) is 0. The first-order chi connectivity index (χ1) is 12.7. The molecule has 1 aliphatic heterocycles. The molecule has 4 rings (SSSR count). The van der Waals surface area contributed by atoms with Crippen LogP contribution in [0.3, 0.4) is 0 Å². The zero-order valence-corrected chi connectivity index (χ0v) is 14.9. The van der Waals surface area contributed by atoms with E-state index in [2.05, 4.69) is 10.2 Å².